The van der Waals surface area contributed by atoms with E-state index in [1.165, 1.54) is 25.3 Å². The molecule has 0 radical (unpaired) electrons. The van der Waals surface area contributed by atoms with Gasteiger partial charge >= 0.3 is 5.97 Å². The minimum atomic E-state index is -1.13. The second-order valence-electron chi connectivity index (χ2n) is 4.03. The van der Waals surface area contributed by atoms with Crippen molar-refractivity contribution in [2.24, 2.45) is 0 Å². The van der Waals surface area contributed by atoms with E-state index in [2.05, 4.69) is 0 Å². The van der Waals surface area contributed by atoms with Crippen LogP contribution in [0.25, 0.3) is 0 Å². The second kappa shape index (κ2) is 6.27. The molecule has 0 fully saturated rings. The molecule has 1 N–H and O–H groups in total. The molecule has 2 aromatic rings. The van der Waals surface area contributed by atoms with Crippen LogP contribution in [0.15, 0.2) is 52.3 Å². The van der Waals surface area contributed by atoms with Gasteiger partial charge in [0.15, 0.2) is 0 Å². The molecule has 0 spiro atoms. The summed E-state index contributed by atoms with van der Waals surface area (Å²) in [6, 6.07) is 10.7. The largest absolute Gasteiger partial charge is 0.497 e. The lowest BCUT2D eigenvalue weighted by molar-refractivity contribution is -0.387. The van der Waals surface area contributed by atoms with Gasteiger partial charge in [-0.15, -0.1) is 0 Å². The minimum absolute atomic E-state index is 0.00555. The molecule has 0 aliphatic carbocycles. The average molecular weight is 305 g/mol. The van der Waals surface area contributed by atoms with Gasteiger partial charge in [-0.25, -0.2) is 4.79 Å². The number of aromatic carboxylic acids is 1. The summed E-state index contributed by atoms with van der Waals surface area (Å²) in [4.78, 5) is 22.5. The van der Waals surface area contributed by atoms with Crippen LogP contribution in [0.4, 0.5) is 5.69 Å². The molecule has 2 rings (SSSR count). The number of benzene rings is 2. The normalized spacial score (nSPS) is 10.1. The number of rotatable bonds is 5. The topological polar surface area (TPSA) is 89.7 Å². The SMILES string of the molecule is COc1cccc(Sc2cc(C(=O)O)ccc2[N+](=O)[O-])c1. The van der Waals surface area contributed by atoms with Crippen molar-refractivity contribution in [3.05, 3.63) is 58.1 Å². The van der Waals surface area contributed by atoms with Gasteiger partial charge in [-0.1, -0.05) is 17.8 Å². The van der Waals surface area contributed by atoms with Crippen molar-refractivity contribution in [2.75, 3.05) is 7.11 Å². The van der Waals surface area contributed by atoms with Gasteiger partial charge in [-0.2, -0.15) is 0 Å². The quantitative estimate of drug-likeness (QED) is 0.672. The van der Waals surface area contributed by atoms with Crippen LogP contribution in [0, 0.1) is 10.1 Å². The number of nitro benzene ring substituents is 1. The lowest BCUT2D eigenvalue weighted by Gasteiger charge is -2.06. The zero-order valence-electron chi connectivity index (χ0n) is 11.0. The molecule has 0 atom stereocenters. The Morgan fingerprint density at radius 3 is 2.67 bits per heavy atom. The first-order valence-corrected chi connectivity index (χ1v) is 6.66. The summed E-state index contributed by atoms with van der Waals surface area (Å²) >= 11 is 1.12. The number of ether oxygens (including phenoxy) is 1. The van der Waals surface area contributed by atoms with Crippen LogP contribution in [-0.4, -0.2) is 23.1 Å². The molecule has 0 aliphatic rings. The fraction of sp³-hybridized carbons (Fsp3) is 0.0714. The summed E-state index contributed by atoms with van der Waals surface area (Å²) in [5.41, 5.74) is -0.126. The highest BCUT2D eigenvalue weighted by Gasteiger charge is 2.17. The van der Waals surface area contributed by atoms with Crippen LogP contribution in [0.2, 0.25) is 0 Å². The predicted molar refractivity (Wildman–Crippen MR) is 77.2 cm³/mol. The predicted octanol–water partition coefficient (Wildman–Crippen LogP) is 3.45. The van der Waals surface area contributed by atoms with Crippen molar-refractivity contribution in [3.8, 4) is 5.75 Å². The van der Waals surface area contributed by atoms with E-state index >= 15 is 0 Å². The molecule has 0 heterocycles. The molecule has 0 bridgehead atoms. The molecule has 0 amide bonds. The van der Waals surface area contributed by atoms with Crippen molar-refractivity contribution in [1.82, 2.24) is 0 Å². The molecule has 21 heavy (non-hydrogen) atoms. The molecular weight excluding hydrogens is 294 g/mol. The van der Waals surface area contributed by atoms with E-state index < -0.39 is 10.9 Å². The van der Waals surface area contributed by atoms with Crippen molar-refractivity contribution >= 4 is 23.4 Å². The van der Waals surface area contributed by atoms with Gasteiger partial charge in [-0.05, 0) is 30.3 Å². The van der Waals surface area contributed by atoms with Gasteiger partial charge in [-0.3, -0.25) is 10.1 Å². The summed E-state index contributed by atoms with van der Waals surface area (Å²) in [5, 5.41) is 20.0. The van der Waals surface area contributed by atoms with Gasteiger partial charge in [0.2, 0.25) is 0 Å². The zero-order valence-corrected chi connectivity index (χ0v) is 11.8. The van der Waals surface area contributed by atoms with E-state index in [0.29, 0.717) is 5.75 Å². The van der Waals surface area contributed by atoms with Crippen LogP contribution in [0.5, 0.6) is 5.75 Å². The maximum atomic E-state index is 11.0. The first kappa shape index (κ1) is 14.9. The first-order valence-electron chi connectivity index (χ1n) is 5.85. The molecule has 2 aromatic carbocycles. The lowest BCUT2D eigenvalue weighted by Crippen LogP contribution is -1.98. The monoisotopic (exact) mass is 305 g/mol. The maximum Gasteiger partial charge on any atom is 0.335 e. The number of methoxy groups -OCH3 is 1. The molecule has 0 aliphatic heterocycles. The fourth-order valence-corrected chi connectivity index (χ4v) is 2.68. The molecular formula is C14H11NO5S. The van der Waals surface area contributed by atoms with E-state index in [0.717, 1.165) is 16.7 Å². The highest BCUT2D eigenvalue weighted by molar-refractivity contribution is 7.99. The van der Waals surface area contributed by atoms with E-state index in [1.807, 2.05) is 0 Å². The Morgan fingerprint density at radius 2 is 2.05 bits per heavy atom. The molecule has 0 saturated carbocycles. The van der Waals surface area contributed by atoms with Crippen LogP contribution in [0.1, 0.15) is 10.4 Å². The Morgan fingerprint density at radius 1 is 1.29 bits per heavy atom. The number of carboxylic acids is 1. The van der Waals surface area contributed by atoms with Crippen LogP contribution >= 0.6 is 11.8 Å². The van der Waals surface area contributed by atoms with Crippen molar-refractivity contribution < 1.29 is 19.6 Å². The summed E-state index contributed by atoms with van der Waals surface area (Å²) in [7, 11) is 1.53. The molecule has 0 aromatic heterocycles. The smallest absolute Gasteiger partial charge is 0.335 e. The lowest BCUT2D eigenvalue weighted by atomic mass is 10.2. The number of hydrogen-bond acceptors (Lipinski definition) is 5. The Hall–Kier alpha value is -2.54. The number of nitrogens with zero attached hydrogens (tertiary/aromatic N) is 1. The van der Waals surface area contributed by atoms with E-state index in [-0.39, 0.29) is 16.1 Å². The summed E-state index contributed by atoms with van der Waals surface area (Å²) < 4.78 is 5.09. The number of carboxylic acid groups (broad SMARTS) is 1. The molecule has 108 valence electrons. The second-order valence-corrected chi connectivity index (χ2v) is 5.14. The van der Waals surface area contributed by atoms with Gasteiger partial charge in [0.05, 0.1) is 22.5 Å². The Bertz CT molecular complexity index is 702. The Labute approximate surface area is 124 Å². The van der Waals surface area contributed by atoms with Gasteiger partial charge in [0.25, 0.3) is 5.69 Å². The van der Waals surface area contributed by atoms with Crippen LogP contribution < -0.4 is 4.74 Å². The molecule has 7 heteroatoms. The Kier molecular flexibility index (Phi) is 4.44. The third kappa shape index (κ3) is 3.51. The highest BCUT2D eigenvalue weighted by Crippen LogP contribution is 2.36. The molecule has 6 nitrogen and oxygen atoms in total. The third-order valence-corrected chi connectivity index (χ3v) is 3.71. The summed E-state index contributed by atoms with van der Waals surface area (Å²) in [6.45, 7) is 0. The molecule has 0 unspecified atom stereocenters. The molecule has 0 saturated heterocycles. The minimum Gasteiger partial charge on any atom is -0.497 e. The van der Waals surface area contributed by atoms with Crippen molar-refractivity contribution in [1.29, 1.82) is 0 Å². The highest BCUT2D eigenvalue weighted by atomic mass is 32.2. The third-order valence-electron chi connectivity index (χ3n) is 2.67. The van der Waals surface area contributed by atoms with E-state index in [9.17, 15) is 14.9 Å². The maximum absolute atomic E-state index is 11.0. The van der Waals surface area contributed by atoms with E-state index in [4.69, 9.17) is 9.84 Å². The average Bonchev–Trinajstić information content (AvgIpc) is 2.47. The van der Waals surface area contributed by atoms with Gasteiger partial charge < -0.3 is 9.84 Å². The number of hydrogen-bond donors (Lipinski definition) is 1. The number of nitro groups is 1. The van der Waals surface area contributed by atoms with Crippen LogP contribution in [-0.2, 0) is 0 Å². The summed E-state index contributed by atoms with van der Waals surface area (Å²) in [6.07, 6.45) is 0. The van der Waals surface area contributed by atoms with Crippen molar-refractivity contribution in [3.63, 3.8) is 0 Å². The fourth-order valence-electron chi connectivity index (χ4n) is 1.67. The number of carbonyl (C=O) groups is 1. The first-order chi connectivity index (χ1) is 10.0. The zero-order chi connectivity index (χ0) is 15.4. The summed E-state index contributed by atoms with van der Waals surface area (Å²) in [5.74, 6) is -0.505. The van der Waals surface area contributed by atoms with Gasteiger partial charge in [0.1, 0.15) is 5.75 Å². The van der Waals surface area contributed by atoms with Crippen LogP contribution in [0.3, 0.4) is 0 Å². The standard InChI is InChI=1S/C14H11NO5S/c1-20-10-3-2-4-11(8-10)21-13-7-9(14(16)17)5-6-12(13)15(18)19/h2-8H,1H3,(H,16,17). The van der Waals surface area contributed by atoms with E-state index in [1.54, 1.807) is 24.3 Å². The van der Waals surface area contributed by atoms with Gasteiger partial charge in [0, 0.05) is 11.0 Å². The Balaban J connectivity index is 2.42. The van der Waals surface area contributed by atoms with Crippen molar-refractivity contribution in [2.45, 2.75) is 9.79 Å².